The maximum absolute atomic E-state index is 12.1. The Morgan fingerprint density at radius 1 is 0.697 bits per heavy atom. The number of carbonyl (C=O) groups is 1. The number of amides is 1. The number of allylic oxidation sites excluding steroid dienone is 3. The second kappa shape index (κ2) is 25.5. The van der Waals surface area contributed by atoms with Gasteiger partial charge in [-0.05, 0) is 32.1 Å². The number of rotatable bonds is 24. The molecule has 194 valence electrons. The van der Waals surface area contributed by atoms with Crippen LogP contribution in [0.4, 0.5) is 0 Å². The predicted octanol–water partition coefficient (Wildman–Crippen LogP) is 7.39. The molecule has 2 atom stereocenters. The molecule has 0 aliphatic heterocycles. The van der Waals surface area contributed by atoms with Crippen LogP contribution in [0.3, 0.4) is 0 Å². The molecule has 4 heteroatoms. The second-order valence-corrected chi connectivity index (χ2v) is 9.46. The summed E-state index contributed by atoms with van der Waals surface area (Å²) in [6.07, 6.45) is 29.6. The quantitative estimate of drug-likeness (QED) is 0.103. The molecule has 0 radical (unpaired) electrons. The molecule has 0 aliphatic carbocycles. The van der Waals surface area contributed by atoms with Crippen molar-refractivity contribution in [2.24, 2.45) is 0 Å². The van der Waals surface area contributed by atoms with Crippen LogP contribution in [0.15, 0.2) is 24.3 Å². The number of hydrogen-bond donors (Lipinski definition) is 3. The van der Waals surface area contributed by atoms with Gasteiger partial charge in [0.25, 0.3) is 0 Å². The van der Waals surface area contributed by atoms with Crippen LogP contribution in [0.5, 0.6) is 0 Å². The van der Waals surface area contributed by atoms with Crippen LogP contribution in [-0.2, 0) is 4.79 Å². The number of carbonyl (C=O) groups excluding carboxylic acids is 1. The molecular weight excluding hydrogens is 410 g/mol. The molecule has 0 bridgehead atoms. The Kier molecular flexibility index (Phi) is 24.6. The molecule has 0 unspecified atom stereocenters. The largest absolute Gasteiger partial charge is 0.394 e. The maximum Gasteiger partial charge on any atom is 0.220 e. The summed E-state index contributed by atoms with van der Waals surface area (Å²) in [5.74, 6) is -0.0814. The molecule has 0 aromatic heterocycles. The average molecular weight is 466 g/mol. The Bertz CT molecular complexity index is 475. The second-order valence-electron chi connectivity index (χ2n) is 9.46. The van der Waals surface area contributed by atoms with Gasteiger partial charge >= 0.3 is 0 Å². The van der Waals surface area contributed by atoms with Crippen LogP contribution in [0, 0.1) is 0 Å². The van der Waals surface area contributed by atoms with Crippen LogP contribution in [0.1, 0.15) is 136 Å². The summed E-state index contributed by atoms with van der Waals surface area (Å²) in [7, 11) is 0. The van der Waals surface area contributed by atoms with Crippen molar-refractivity contribution < 1.29 is 15.0 Å². The lowest BCUT2D eigenvalue weighted by Gasteiger charge is -2.19. The van der Waals surface area contributed by atoms with Crippen LogP contribution in [0.2, 0.25) is 0 Å². The standard InChI is InChI=1S/C29H55NO3/c1-3-5-7-9-11-13-14-15-17-18-20-22-24-28(32)27(26-31)30-29(33)25-23-21-19-16-12-10-8-6-4-2/h15,17,22,24,27-28,31-32H,3-14,16,18-21,23,25-26H2,1-2H3,(H,30,33)/b17-15+,24-22+/t27-,28+/m0/s1. The molecule has 3 N–H and O–H groups in total. The van der Waals surface area contributed by atoms with Crippen molar-refractivity contribution >= 4 is 5.91 Å². The third-order valence-corrected chi connectivity index (χ3v) is 6.19. The van der Waals surface area contributed by atoms with Crippen LogP contribution < -0.4 is 5.32 Å². The van der Waals surface area contributed by atoms with Crippen LogP contribution >= 0.6 is 0 Å². The van der Waals surface area contributed by atoms with E-state index in [4.69, 9.17) is 0 Å². The summed E-state index contributed by atoms with van der Waals surface area (Å²) in [4.78, 5) is 12.1. The highest BCUT2D eigenvalue weighted by atomic mass is 16.3. The summed E-state index contributed by atoms with van der Waals surface area (Å²) in [5.41, 5.74) is 0. The lowest BCUT2D eigenvalue weighted by molar-refractivity contribution is -0.123. The molecule has 0 heterocycles. The number of aliphatic hydroxyl groups excluding tert-OH is 2. The molecule has 0 saturated carbocycles. The highest BCUT2D eigenvalue weighted by Gasteiger charge is 2.17. The van der Waals surface area contributed by atoms with E-state index in [1.165, 1.54) is 83.5 Å². The summed E-state index contributed by atoms with van der Waals surface area (Å²) in [6, 6.07) is -0.629. The van der Waals surface area contributed by atoms with Gasteiger partial charge in [0, 0.05) is 6.42 Å². The minimum absolute atomic E-state index is 0.0814. The van der Waals surface area contributed by atoms with Gasteiger partial charge in [0.15, 0.2) is 0 Å². The third-order valence-electron chi connectivity index (χ3n) is 6.19. The minimum atomic E-state index is -0.853. The first-order chi connectivity index (χ1) is 16.2. The summed E-state index contributed by atoms with van der Waals surface area (Å²) in [5, 5.41) is 22.6. The van der Waals surface area contributed by atoms with E-state index in [1.807, 2.05) is 6.08 Å². The fourth-order valence-corrected chi connectivity index (χ4v) is 3.95. The summed E-state index contributed by atoms with van der Waals surface area (Å²) >= 11 is 0. The van der Waals surface area contributed by atoms with E-state index in [-0.39, 0.29) is 12.5 Å². The molecule has 0 aromatic rings. The van der Waals surface area contributed by atoms with E-state index in [0.717, 1.165) is 32.1 Å². The smallest absolute Gasteiger partial charge is 0.220 e. The number of nitrogens with one attached hydrogen (secondary N) is 1. The van der Waals surface area contributed by atoms with Crippen molar-refractivity contribution in [2.45, 2.75) is 148 Å². The summed E-state index contributed by atoms with van der Waals surface area (Å²) in [6.45, 7) is 4.22. The lowest BCUT2D eigenvalue weighted by Crippen LogP contribution is -2.45. The van der Waals surface area contributed by atoms with E-state index in [1.54, 1.807) is 6.08 Å². The Morgan fingerprint density at radius 2 is 1.18 bits per heavy atom. The fraction of sp³-hybridized carbons (Fsp3) is 0.828. The Labute approximate surface area is 205 Å². The van der Waals surface area contributed by atoms with E-state index < -0.39 is 12.1 Å². The van der Waals surface area contributed by atoms with E-state index >= 15 is 0 Å². The highest BCUT2D eigenvalue weighted by Crippen LogP contribution is 2.11. The molecule has 4 nitrogen and oxygen atoms in total. The average Bonchev–Trinajstić information content (AvgIpc) is 2.82. The van der Waals surface area contributed by atoms with Gasteiger partial charge in [-0.15, -0.1) is 0 Å². The zero-order valence-corrected chi connectivity index (χ0v) is 21.9. The van der Waals surface area contributed by atoms with Gasteiger partial charge in [0.2, 0.25) is 5.91 Å². The topological polar surface area (TPSA) is 69.6 Å². The highest BCUT2D eigenvalue weighted by molar-refractivity contribution is 5.76. The lowest BCUT2D eigenvalue weighted by atomic mass is 10.1. The molecular formula is C29H55NO3. The normalized spacial score (nSPS) is 13.7. The Morgan fingerprint density at radius 3 is 1.76 bits per heavy atom. The van der Waals surface area contributed by atoms with Crippen molar-refractivity contribution in [1.29, 1.82) is 0 Å². The Balaban J connectivity index is 3.79. The third kappa shape index (κ3) is 22.4. The van der Waals surface area contributed by atoms with Gasteiger partial charge in [-0.25, -0.2) is 0 Å². The van der Waals surface area contributed by atoms with E-state index in [0.29, 0.717) is 6.42 Å². The van der Waals surface area contributed by atoms with Gasteiger partial charge in [-0.3, -0.25) is 4.79 Å². The number of aliphatic hydroxyl groups is 2. The molecule has 0 rings (SSSR count). The monoisotopic (exact) mass is 465 g/mol. The molecule has 0 aliphatic rings. The van der Waals surface area contributed by atoms with Crippen molar-refractivity contribution in [3.8, 4) is 0 Å². The van der Waals surface area contributed by atoms with Crippen molar-refractivity contribution in [3.63, 3.8) is 0 Å². The van der Waals surface area contributed by atoms with Gasteiger partial charge in [-0.2, -0.15) is 0 Å². The van der Waals surface area contributed by atoms with Crippen LogP contribution in [0.25, 0.3) is 0 Å². The molecule has 1 amide bonds. The minimum Gasteiger partial charge on any atom is -0.394 e. The molecule has 33 heavy (non-hydrogen) atoms. The van der Waals surface area contributed by atoms with Crippen LogP contribution in [-0.4, -0.2) is 34.9 Å². The van der Waals surface area contributed by atoms with Gasteiger partial charge in [-0.1, -0.05) is 122 Å². The van der Waals surface area contributed by atoms with Crippen molar-refractivity contribution in [2.75, 3.05) is 6.61 Å². The van der Waals surface area contributed by atoms with Crippen molar-refractivity contribution in [1.82, 2.24) is 5.32 Å². The Hall–Kier alpha value is -1.13. The molecule has 0 fully saturated rings. The predicted molar refractivity (Wildman–Crippen MR) is 142 cm³/mol. The molecule has 0 spiro atoms. The summed E-state index contributed by atoms with van der Waals surface area (Å²) < 4.78 is 0. The van der Waals surface area contributed by atoms with E-state index in [2.05, 4.69) is 31.3 Å². The first-order valence-electron chi connectivity index (χ1n) is 14.1. The van der Waals surface area contributed by atoms with Gasteiger partial charge in [0.05, 0.1) is 18.8 Å². The zero-order chi connectivity index (χ0) is 24.4. The first kappa shape index (κ1) is 31.9. The fourth-order valence-electron chi connectivity index (χ4n) is 3.95. The molecule has 0 aromatic carbocycles. The number of hydrogen-bond acceptors (Lipinski definition) is 3. The van der Waals surface area contributed by atoms with Gasteiger partial charge < -0.3 is 15.5 Å². The van der Waals surface area contributed by atoms with Crippen molar-refractivity contribution in [3.05, 3.63) is 24.3 Å². The maximum atomic E-state index is 12.1. The van der Waals surface area contributed by atoms with Gasteiger partial charge in [0.1, 0.15) is 0 Å². The SMILES string of the molecule is CCCCCCCC/C=C/CC/C=C/[C@@H](O)[C@H](CO)NC(=O)CCCCCCCCCCC. The molecule has 0 saturated heterocycles. The zero-order valence-electron chi connectivity index (χ0n) is 21.9. The van der Waals surface area contributed by atoms with E-state index in [9.17, 15) is 15.0 Å². The number of unbranched alkanes of at least 4 members (excludes halogenated alkanes) is 15. The first-order valence-corrected chi connectivity index (χ1v) is 14.1.